The van der Waals surface area contributed by atoms with E-state index in [-0.39, 0.29) is 18.1 Å². The van der Waals surface area contributed by atoms with Gasteiger partial charge in [0, 0.05) is 24.3 Å². The molecule has 6 nitrogen and oxygen atoms in total. The summed E-state index contributed by atoms with van der Waals surface area (Å²) < 4.78 is 5.67. The molecule has 1 aliphatic heterocycles. The van der Waals surface area contributed by atoms with Crippen molar-refractivity contribution in [1.29, 1.82) is 0 Å². The summed E-state index contributed by atoms with van der Waals surface area (Å²) >= 11 is 0. The fourth-order valence-electron chi connectivity index (χ4n) is 2.71. The van der Waals surface area contributed by atoms with E-state index in [9.17, 15) is 4.79 Å². The van der Waals surface area contributed by atoms with Gasteiger partial charge in [0.1, 0.15) is 6.04 Å². The molecule has 1 aliphatic rings. The van der Waals surface area contributed by atoms with Gasteiger partial charge < -0.3 is 10.1 Å². The van der Waals surface area contributed by atoms with Gasteiger partial charge in [-0.1, -0.05) is 19.9 Å². The lowest BCUT2D eigenvalue weighted by Crippen LogP contribution is -2.43. The summed E-state index contributed by atoms with van der Waals surface area (Å²) in [6.45, 7) is 8.71. The zero-order chi connectivity index (χ0) is 16.8. The van der Waals surface area contributed by atoms with Gasteiger partial charge in [-0.25, -0.2) is 10.4 Å². The molecule has 0 bridgehead atoms. The van der Waals surface area contributed by atoms with E-state index in [2.05, 4.69) is 35.0 Å². The van der Waals surface area contributed by atoms with Crippen molar-refractivity contribution < 1.29 is 9.53 Å². The summed E-state index contributed by atoms with van der Waals surface area (Å²) in [5.41, 5.74) is 7.18. The lowest BCUT2D eigenvalue weighted by molar-refractivity contribution is -0.123. The number of nitrogens with one attached hydrogen (secondary N) is 3. The first-order valence-corrected chi connectivity index (χ1v) is 8.35. The topological polar surface area (TPSA) is 75.3 Å². The summed E-state index contributed by atoms with van der Waals surface area (Å²) in [5, 5.41) is 2.97. The number of nitrogens with zero attached hydrogens (tertiary/aromatic N) is 1. The highest BCUT2D eigenvalue weighted by Gasteiger charge is 2.29. The van der Waals surface area contributed by atoms with Crippen LogP contribution < -0.4 is 20.9 Å². The Kier molecular flexibility index (Phi) is 6.36. The molecule has 2 rings (SSSR count). The molecule has 1 fully saturated rings. The van der Waals surface area contributed by atoms with Crippen molar-refractivity contribution in [3.8, 4) is 5.88 Å². The number of hydrogen-bond donors (Lipinski definition) is 3. The maximum absolute atomic E-state index is 12.3. The number of aromatic nitrogens is 1. The zero-order valence-electron chi connectivity index (χ0n) is 14.4. The highest BCUT2D eigenvalue weighted by Crippen LogP contribution is 2.17. The summed E-state index contributed by atoms with van der Waals surface area (Å²) in [4.78, 5) is 16.5. The van der Waals surface area contributed by atoms with E-state index in [0.717, 1.165) is 18.4 Å². The van der Waals surface area contributed by atoms with Crippen molar-refractivity contribution in [3.63, 3.8) is 0 Å². The third-order valence-electron chi connectivity index (χ3n) is 3.70. The Hall–Kier alpha value is -1.66. The van der Waals surface area contributed by atoms with Gasteiger partial charge in [-0.05, 0) is 38.7 Å². The highest BCUT2D eigenvalue weighted by molar-refractivity contribution is 5.82. The van der Waals surface area contributed by atoms with Crippen LogP contribution in [0.1, 0.15) is 46.1 Å². The van der Waals surface area contributed by atoms with Gasteiger partial charge in [-0.15, -0.1) is 0 Å². The molecule has 0 saturated carbocycles. The molecule has 1 aromatic heterocycles. The molecule has 0 aliphatic carbocycles. The van der Waals surface area contributed by atoms with Crippen LogP contribution in [-0.2, 0) is 11.3 Å². The number of rotatable bonds is 7. The van der Waals surface area contributed by atoms with Gasteiger partial charge in [0.25, 0.3) is 0 Å². The van der Waals surface area contributed by atoms with Crippen LogP contribution in [0.25, 0.3) is 0 Å². The molecular formula is C17H28N4O2. The van der Waals surface area contributed by atoms with Crippen molar-refractivity contribution >= 4 is 5.91 Å². The van der Waals surface area contributed by atoms with Crippen LogP contribution in [-0.4, -0.2) is 29.1 Å². The molecule has 2 heterocycles. The lowest BCUT2D eigenvalue weighted by atomic mass is 10.00. The average Bonchev–Trinajstić information content (AvgIpc) is 2.93. The predicted octanol–water partition coefficient (Wildman–Crippen LogP) is 1.77. The molecule has 23 heavy (non-hydrogen) atoms. The number of ether oxygens (including phenoxy) is 1. The first-order valence-electron chi connectivity index (χ1n) is 8.35. The van der Waals surface area contributed by atoms with Crippen molar-refractivity contribution in [2.45, 2.75) is 65.3 Å². The molecule has 2 unspecified atom stereocenters. The minimum absolute atomic E-state index is 0.00288. The van der Waals surface area contributed by atoms with Gasteiger partial charge in [0.15, 0.2) is 0 Å². The second kappa shape index (κ2) is 8.26. The van der Waals surface area contributed by atoms with Crippen LogP contribution in [0.2, 0.25) is 0 Å². The number of hydrazine groups is 1. The van der Waals surface area contributed by atoms with Gasteiger partial charge in [-0.3, -0.25) is 10.2 Å². The van der Waals surface area contributed by atoms with E-state index in [0.29, 0.717) is 24.4 Å². The molecule has 1 aromatic rings. The maximum atomic E-state index is 12.3. The van der Waals surface area contributed by atoms with Crippen molar-refractivity contribution in [2.75, 3.05) is 0 Å². The maximum Gasteiger partial charge on any atom is 0.238 e. The highest BCUT2D eigenvalue weighted by atomic mass is 16.5. The van der Waals surface area contributed by atoms with Gasteiger partial charge in [0.05, 0.1) is 6.10 Å². The Morgan fingerprint density at radius 1 is 1.39 bits per heavy atom. The standard InChI is InChI=1S/C17H28N4O2/c1-11(2)8-14-9-15(21-20-14)16(22)19-10-13-6-5-7-18-17(13)23-12(3)4/h5-7,11-12,14-15,20-21H,8-10H2,1-4H3,(H,19,22). The molecule has 6 heteroatoms. The summed E-state index contributed by atoms with van der Waals surface area (Å²) in [6, 6.07) is 3.93. The molecule has 128 valence electrons. The van der Waals surface area contributed by atoms with E-state index in [1.165, 1.54) is 0 Å². The third-order valence-corrected chi connectivity index (χ3v) is 3.70. The lowest BCUT2D eigenvalue weighted by Gasteiger charge is -2.15. The van der Waals surface area contributed by atoms with Crippen molar-refractivity contribution in [1.82, 2.24) is 21.2 Å². The van der Waals surface area contributed by atoms with Crippen LogP contribution >= 0.6 is 0 Å². The number of carbonyl (C=O) groups excluding carboxylic acids is 1. The number of amides is 1. The summed E-state index contributed by atoms with van der Waals surface area (Å²) in [6.07, 6.45) is 3.62. The van der Waals surface area contributed by atoms with Crippen LogP contribution in [0.4, 0.5) is 0 Å². The second-order valence-corrected chi connectivity index (χ2v) is 6.76. The quantitative estimate of drug-likeness (QED) is 0.714. The largest absolute Gasteiger partial charge is 0.475 e. The summed E-state index contributed by atoms with van der Waals surface area (Å²) in [7, 11) is 0. The molecule has 0 aromatic carbocycles. The molecule has 1 amide bonds. The SMILES string of the molecule is CC(C)CC1CC(C(=O)NCc2cccnc2OC(C)C)NN1. The van der Waals surface area contributed by atoms with E-state index in [4.69, 9.17) is 4.74 Å². The number of hydrogen-bond acceptors (Lipinski definition) is 5. The Bertz CT molecular complexity index is 519. The monoisotopic (exact) mass is 320 g/mol. The zero-order valence-corrected chi connectivity index (χ0v) is 14.4. The molecule has 0 spiro atoms. The average molecular weight is 320 g/mol. The Labute approximate surface area is 138 Å². The normalized spacial score (nSPS) is 21.0. The van der Waals surface area contributed by atoms with E-state index in [1.54, 1.807) is 6.20 Å². The summed E-state index contributed by atoms with van der Waals surface area (Å²) in [5.74, 6) is 1.20. The van der Waals surface area contributed by atoms with Crippen LogP contribution in [0.5, 0.6) is 5.88 Å². The first-order chi connectivity index (χ1) is 11.0. The minimum atomic E-state index is -0.190. The van der Waals surface area contributed by atoms with Gasteiger partial charge >= 0.3 is 0 Å². The molecule has 1 saturated heterocycles. The predicted molar refractivity (Wildman–Crippen MR) is 89.8 cm³/mol. The van der Waals surface area contributed by atoms with Gasteiger partial charge in [-0.2, -0.15) is 0 Å². The molecular weight excluding hydrogens is 292 g/mol. The number of pyridine rings is 1. The molecule has 0 radical (unpaired) electrons. The second-order valence-electron chi connectivity index (χ2n) is 6.76. The Morgan fingerprint density at radius 2 is 2.17 bits per heavy atom. The fourth-order valence-corrected chi connectivity index (χ4v) is 2.71. The molecule has 3 N–H and O–H groups in total. The smallest absolute Gasteiger partial charge is 0.238 e. The van der Waals surface area contributed by atoms with Crippen molar-refractivity contribution in [3.05, 3.63) is 23.9 Å². The van der Waals surface area contributed by atoms with E-state index in [1.807, 2.05) is 26.0 Å². The van der Waals surface area contributed by atoms with E-state index < -0.39 is 0 Å². The van der Waals surface area contributed by atoms with Crippen LogP contribution in [0, 0.1) is 5.92 Å². The first kappa shape index (κ1) is 17.7. The van der Waals surface area contributed by atoms with Gasteiger partial charge in [0.2, 0.25) is 11.8 Å². The van der Waals surface area contributed by atoms with Crippen LogP contribution in [0.3, 0.4) is 0 Å². The Morgan fingerprint density at radius 3 is 2.87 bits per heavy atom. The fraction of sp³-hybridized carbons (Fsp3) is 0.647. The van der Waals surface area contributed by atoms with Crippen LogP contribution in [0.15, 0.2) is 18.3 Å². The third kappa shape index (κ3) is 5.48. The van der Waals surface area contributed by atoms with Crippen molar-refractivity contribution in [2.24, 2.45) is 5.92 Å². The minimum Gasteiger partial charge on any atom is -0.475 e. The van der Waals surface area contributed by atoms with E-state index >= 15 is 0 Å². The molecule has 2 atom stereocenters. The number of carbonyl (C=O) groups is 1. The Balaban J connectivity index is 1.85.